The van der Waals surface area contributed by atoms with Crippen molar-refractivity contribution in [3.8, 4) is 5.75 Å². The molecule has 0 spiro atoms. The predicted octanol–water partition coefficient (Wildman–Crippen LogP) is 3.42. The highest BCUT2D eigenvalue weighted by Gasteiger charge is 2.23. The fourth-order valence-corrected chi connectivity index (χ4v) is 3.47. The van der Waals surface area contributed by atoms with Gasteiger partial charge in [0.1, 0.15) is 24.1 Å². The van der Waals surface area contributed by atoms with Crippen LogP contribution in [0.15, 0.2) is 45.5 Å². The number of amidine groups is 1. The molecule has 0 aliphatic carbocycles. The first-order valence-electron chi connectivity index (χ1n) is 9.18. The number of hydrogen-bond donors (Lipinski definition) is 2. The largest absolute Gasteiger partial charge is 0.496 e. The molecule has 1 unspecified atom stereocenters. The molecule has 2 N–H and O–H groups in total. The van der Waals surface area contributed by atoms with Crippen molar-refractivity contribution in [1.29, 1.82) is 0 Å². The van der Waals surface area contributed by atoms with Gasteiger partial charge in [-0.3, -0.25) is 5.32 Å². The summed E-state index contributed by atoms with van der Waals surface area (Å²) in [5.74, 6) is 1.86. The second kappa shape index (κ2) is 8.32. The third kappa shape index (κ3) is 4.05. The van der Waals surface area contributed by atoms with Gasteiger partial charge in [0.2, 0.25) is 0 Å². The van der Waals surface area contributed by atoms with E-state index in [1.165, 1.54) is 27.8 Å². The molecule has 0 amide bonds. The number of aryl methyl sites for hydroxylation is 2. The number of nitrogens with zero attached hydrogens (tertiary/aromatic N) is 2. The molecular formula is C21H28N4O. The van der Waals surface area contributed by atoms with Gasteiger partial charge in [-0.2, -0.15) is 0 Å². The van der Waals surface area contributed by atoms with E-state index < -0.39 is 0 Å². The predicted molar refractivity (Wildman–Crippen MR) is 108 cm³/mol. The van der Waals surface area contributed by atoms with Gasteiger partial charge in [-0.05, 0) is 69.0 Å². The second-order valence-electron chi connectivity index (χ2n) is 6.88. The molecule has 0 fully saturated rings. The number of benzene rings is 1. The molecular weight excluding hydrogens is 324 g/mol. The van der Waals surface area contributed by atoms with Gasteiger partial charge in [0, 0.05) is 12.1 Å². The van der Waals surface area contributed by atoms with Crippen molar-refractivity contribution in [2.75, 3.05) is 13.7 Å². The zero-order valence-electron chi connectivity index (χ0n) is 16.1. The van der Waals surface area contributed by atoms with E-state index in [9.17, 15) is 0 Å². The lowest BCUT2D eigenvalue weighted by molar-refractivity contribution is 0.411. The molecule has 1 aromatic carbocycles. The highest BCUT2D eigenvalue weighted by atomic mass is 16.5. The first-order chi connectivity index (χ1) is 12.6. The molecule has 0 saturated carbocycles. The van der Waals surface area contributed by atoms with Crippen LogP contribution in [-0.2, 0) is 6.42 Å². The summed E-state index contributed by atoms with van der Waals surface area (Å²) in [5.41, 5.74) is 6.30. The van der Waals surface area contributed by atoms with Crippen molar-refractivity contribution in [2.45, 2.75) is 46.2 Å². The number of fused-ring (bicyclic) bond motifs is 1. The molecule has 5 heteroatoms. The quantitative estimate of drug-likeness (QED) is 0.854. The number of ether oxygens (including phenoxy) is 1. The van der Waals surface area contributed by atoms with Crippen molar-refractivity contribution in [1.82, 2.24) is 10.6 Å². The van der Waals surface area contributed by atoms with Crippen molar-refractivity contribution in [2.24, 2.45) is 9.98 Å². The summed E-state index contributed by atoms with van der Waals surface area (Å²) < 4.78 is 5.41. The Hall–Kier alpha value is -2.40. The summed E-state index contributed by atoms with van der Waals surface area (Å²) in [6.07, 6.45) is 8.76. The smallest absolute Gasteiger partial charge is 0.138 e. The van der Waals surface area contributed by atoms with E-state index in [2.05, 4.69) is 59.6 Å². The molecule has 26 heavy (non-hydrogen) atoms. The molecule has 1 atom stereocenters. The van der Waals surface area contributed by atoms with Gasteiger partial charge >= 0.3 is 0 Å². The zero-order valence-corrected chi connectivity index (χ0v) is 16.1. The maximum absolute atomic E-state index is 5.41. The Kier molecular flexibility index (Phi) is 5.89. The SMILES string of the molecule is COc1cc(C)c(CCNC2N=CN=C3NC=CCCC(C)=C32)cc1C. The minimum absolute atomic E-state index is 0.0406. The number of hydrogen-bond acceptors (Lipinski definition) is 5. The molecule has 1 aromatic rings. The molecule has 2 heterocycles. The van der Waals surface area contributed by atoms with Gasteiger partial charge in [-0.1, -0.05) is 17.7 Å². The Morgan fingerprint density at radius 3 is 2.88 bits per heavy atom. The first-order valence-corrected chi connectivity index (χ1v) is 9.18. The Morgan fingerprint density at radius 1 is 1.23 bits per heavy atom. The maximum atomic E-state index is 5.41. The molecule has 0 aromatic heterocycles. The van der Waals surface area contributed by atoms with Crippen LogP contribution in [-0.4, -0.2) is 32.0 Å². The average Bonchev–Trinajstić information content (AvgIpc) is 2.62. The van der Waals surface area contributed by atoms with Crippen molar-refractivity contribution >= 4 is 12.2 Å². The third-order valence-corrected chi connectivity index (χ3v) is 5.00. The number of nitrogens with one attached hydrogen (secondary N) is 2. The monoisotopic (exact) mass is 352 g/mol. The molecule has 138 valence electrons. The van der Waals surface area contributed by atoms with E-state index in [-0.39, 0.29) is 6.17 Å². The van der Waals surface area contributed by atoms with Gasteiger partial charge in [0.15, 0.2) is 0 Å². The first kappa shape index (κ1) is 18.4. The number of allylic oxidation sites excluding steroid dienone is 2. The highest BCUT2D eigenvalue weighted by molar-refractivity contribution is 6.05. The lowest BCUT2D eigenvalue weighted by Crippen LogP contribution is -2.40. The van der Waals surface area contributed by atoms with E-state index in [4.69, 9.17) is 4.74 Å². The van der Waals surface area contributed by atoms with E-state index >= 15 is 0 Å². The van der Waals surface area contributed by atoms with Crippen LogP contribution >= 0.6 is 0 Å². The summed E-state index contributed by atoms with van der Waals surface area (Å²) in [5, 5.41) is 6.88. The summed E-state index contributed by atoms with van der Waals surface area (Å²) in [6.45, 7) is 7.26. The Labute approximate surface area is 156 Å². The third-order valence-electron chi connectivity index (χ3n) is 5.00. The highest BCUT2D eigenvalue weighted by Crippen LogP contribution is 2.23. The molecule has 5 nitrogen and oxygen atoms in total. The fraction of sp³-hybridized carbons (Fsp3) is 0.429. The van der Waals surface area contributed by atoms with Crippen LogP contribution in [0.4, 0.5) is 0 Å². The normalized spacial score (nSPS) is 19.4. The van der Waals surface area contributed by atoms with Crippen LogP contribution in [0.2, 0.25) is 0 Å². The van der Waals surface area contributed by atoms with E-state index in [0.29, 0.717) is 0 Å². The summed E-state index contributed by atoms with van der Waals surface area (Å²) in [4.78, 5) is 8.99. The van der Waals surface area contributed by atoms with Crippen LogP contribution in [0.3, 0.4) is 0 Å². The standard InChI is InChI=1S/C21H28N4O/c1-14-7-5-6-9-22-20-19(14)21(25-13-24-20)23-10-8-17-11-16(3)18(26-4)12-15(17)2/h6,9,11-13,21,23H,5,7-8,10H2,1-4H3,(H,22,24,25). The van der Waals surface area contributed by atoms with Crippen molar-refractivity contribution < 1.29 is 4.74 Å². The minimum atomic E-state index is -0.0406. The van der Waals surface area contributed by atoms with E-state index in [0.717, 1.165) is 37.4 Å². The number of methoxy groups -OCH3 is 1. The van der Waals surface area contributed by atoms with Gasteiger partial charge in [0.05, 0.1) is 7.11 Å². The van der Waals surface area contributed by atoms with Gasteiger partial charge in [0.25, 0.3) is 0 Å². The Morgan fingerprint density at radius 2 is 2.08 bits per heavy atom. The van der Waals surface area contributed by atoms with Crippen LogP contribution < -0.4 is 15.4 Å². The number of aliphatic imine (C=N–C) groups is 2. The Bertz CT molecular complexity index is 789. The van der Waals surface area contributed by atoms with Gasteiger partial charge in [-0.15, -0.1) is 0 Å². The zero-order chi connectivity index (χ0) is 18.5. The molecule has 2 aliphatic heterocycles. The number of rotatable bonds is 5. The second-order valence-corrected chi connectivity index (χ2v) is 6.88. The summed E-state index contributed by atoms with van der Waals surface area (Å²) >= 11 is 0. The van der Waals surface area contributed by atoms with Crippen LogP contribution in [0.5, 0.6) is 5.75 Å². The van der Waals surface area contributed by atoms with Crippen molar-refractivity contribution in [3.63, 3.8) is 0 Å². The van der Waals surface area contributed by atoms with Crippen LogP contribution in [0.1, 0.15) is 36.5 Å². The summed E-state index contributed by atoms with van der Waals surface area (Å²) in [6, 6.07) is 4.34. The maximum Gasteiger partial charge on any atom is 0.138 e. The molecule has 0 bridgehead atoms. The van der Waals surface area contributed by atoms with E-state index in [1.807, 2.05) is 6.20 Å². The molecule has 2 aliphatic rings. The van der Waals surface area contributed by atoms with Gasteiger partial charge < -0.3 is 10.1 Å². The molecule has 0 saturated heterocycles. The average molecular weight is 352 g/mol. The molecule has 0 radical (unpaired) electrons. The minimum Gasteiger partial charge on any atom is -0.496 e. The summed E-state index contributed by atoms with van der Waals surface area (Å²) in [7, 11) is 1.72. The fourth-order valence-electron chi connectivity index (χ4n) is 3.47. The Balaban J connectivity index is 1.68. The lowest BCUT2D eigenvalue weighted by Gasteiger charge is -2.25. The van der Waals surface area contributed by atoms with Crippen molar-refractivity contribution in [3.05, 3.63) is 52.2 Å². The van der Waals surface area contributed by atoms with Crippen LogP contribution in [0.25, 0.3) is 0 Å². The van der Waals surface area contributed by atoms with Crippen LogP contribution in [0, 0.1) is 13.8 Å². The van der Waals surface area contributed by atoms with Gasteiger partial charge in [-0.25, -0.2) is 9.98 Å². The van der Waals surface area contributed by atoms with E-state index in [1.54, 1.807) is 13.4 Å². The molecule has 3 rings (SSSR count). The lowest BCUT2D eigenvalue weighted by atomic mass is 9.98. The topological polar surface area (TPSA) is 58.0 Å².